The number of fused-ring (bicyclic) bond motifs is 1. The van der Waals surface area contributed by atoms with Crippen LogP contribution in [0.15, 0.2) is 53.9 Å². The maximum absolute atomic E-state index is 11.6. The Labute approximate surface area is 157 Å². The summed E-state index contributed by atoms with van der Waals surface area (Å²) in [6, 6.07) is 7.78. The molecule has 3 aliphatic heterocycles. The second-order valence-corrected chi connectivity index (χ2v) is 6.96. The molecule has 0 aliphatic carbocycles. The molecule has 3 heterocycles. The van der Waals surface area contributed by atoms with Crippen molar-refractivity contribution in [3.8, 4) is 0 Å². The number of hydrogen-bond donors (Lipinski definition) is 2. The number of rotatable bonds is 4. The van der Waals surface area contributed by atoms with Gasteiger partial charge in [-0.05, 0) is 29.8 Å². The molecule has 1 unspecified atom stereocenters. The van der Waals surface area contributed by atoms with Crippen LogP contribution in [0.4, 0.5) is 0 Å². The molecule has 26 heavy (non-hydrogen) atoms. The molecule has 0 saturated carbocycles. The Balaban J connectivity index is 1.71. The molecule has 0 bridgehead atoms. The quantitative estimate of drug-likeness (QED) is 0.838. The zero-order valence-electron chi connectivity index (χ0n) is 14.3. The Morgan fingerprint density at radius 3 is 2.69 bits per heavy atom. The summed E-state index contributed by atoms with van der Waals surface area (Å²) < 4.78 is 5.46. The molecule has 0 radical (unpaired) electrons. The fourth-order valence-electron chi connectivity index (χ4n) is 3.43. The van der Waals surface area contributed by atoms with Gasteiger partial charge in [-0.15, -0.1) is 0 Å². The third-order valence-electron chi connectivity index (χ3n) is 4.82. The van der Waals surface area contributed by atoms with Gasteiger partial charge in [-0.25, -0.2) is 0 Å². The molecule has 1 fully saturated rings. The summed E-state index contributed by atoms with van der Waals surface area (Å²) in [5.41, 5.74) is 9.20. The van der Waals surface area contributed by atoms with E-state index >= 15 is 0 Å². The van der Waals surface area contributed by atoms with E-state index in [1.165, 1.54) is 0 Å². The topological polar surface area (TPSA) is 70.8 Å². The first kappa shape index (κ1) is 17.1. The number of nitrogens with two attached hydrogens (primary N) is 1. The summed E-state index contributed by atoms with van der Waals surface area (Å²) in [7, 11) is 0. The summed E-state index contributed by atoms with van der Waals surface area (Å²) in [5, 5.41) is 4.25. The Morgan fingerprint density at radius 1 is 1.27 bits per heavy atom. The number of morpholine rings is 1. The van der Waals surface area contributed by atoms with Gasteiger partial charge >= 0.3 is 0 Å². The summed E-state index contributed by atoms with van der Waals surface area (Å²) in [5.74, 6) is -0.426. The minimum Gasteiger partial charge on any atom is -0.379 e. The Morgan fingerprint density at radius 2 is 2.00 bits per heavy atom. The Bertz CT molecular complexity index is 794. The van der Waals surface area contributed by atoms with Crippen LogP contribution >= 0.6 is 11.6 Å². The Hall–Kier alpha value is -2.28. The number of benzene rings is 1. The van der Waals surface area contributed by atoms with Crippen LogP contribution in [-0.2, 0) is 9.53 Å². The highest BCUT2D eigenvalue weighted by Gasteiger charge is 2.33. The van der Waals surface area contributed by atoms with E-state index < -0.39 is 5.91 Å². The molecule has 1 aromatic carbocycles. The van der Waals surface area contributed by atoms with E-state index in [0.717, 1.165) is 49.8 Å². The van der Waals surface area contributed by atoms with E-state index in [2.05, 4.69) is 15.1 Å². The van der Waals surface area contributed by atoms with Gasteiger partial charge < -0.3 is 20.7 Å². The summed E-state index contributed by atoms with van der Waals surface area (Å²) in [4.78, 5) is 16.1. The molecule has 1 atom stereocenters. The van der Waals surface area contributed by atoms with Gasteiger partial charge in [0.05, 0.1) is 30.2 Å². The number of hydrogen-bond acceptors (Lipinski definition) is 5. The van der Waals surface area contributed by atoms with Gasteiger partial charge in [-0.2, -0.15) is 0 Å². The first-order valence-electron chi connectivity index (χ1n) is 8.66. The van der Waals surface area contributed by atoms with Gasteiger partial charge in [0, 0.05) is 30.9 Å². The molecule has 0 aromatic heterocycles. The lowest BCUT2D eigenvalue weighted by molar-refractivity contribution is -0.114. The van der Waals surface area contributed by atoms with Crippen molar-refractivity contribution in [3.05, 3.63) is 64.5 Å². The molecule has 0 spiro atoms. The largest absolute Gasteiger partial charge is 0.379 e. The predicted molar refractivity (Wildman–Crippen MR) is 101 cm³/mol. The van der Waals surface area contributed by atoms with Crippen molar-refractivity contribution in [3.63, 3.8) is 0 Å². The lowest BCUT2D eigenvalue weighted by atomic mass is 10.1. The average molecular weight is 373 g/mol. The summed E-state index contributed by atoms with van der Waals surface area (Å²) in [6.07, 6.45) is 5.54. The van der Waals surface area contributed by atoms with Crippen LogP contribution in [0.5, 0.6) is 0 Å². The minimum absolute atomic E-state index is 0.0279. The van der Waals surface area contributed by atoms with Crippen LogP contribution in [0.3, 0.4) is 0 Å². The smallest absolute Gasteiger partial charge is 0.250 e. The molecule has 7 heteroatoms. The van der Waals surface area contributed by atoms with Gasteiger partial charge in [0.25, 0.3) is 0 Å². The van der Waals surface area contributed by atoms with Crippen molar-refractivity contribution < 1.29 is 9.53 Å². The van der Waals surface area contributed by atoms with E-state index in [0.29, 0.717) is 10.6 Å². The lowest BCUT2D eigenvalue weighted by Crippen LogP contribution is -2.41. The van der Waals surface area contributed by atoms with E-state index in [1.807, 2.05) is 36.5 Å². The van der Waals surface area contributed by atoms with Gasteiger partial charge in [-0.3, -0.25) is 9.69 Å². The number of amides is 1. The minimum atomic E-state index is -0.426. The molecule has 1 saturated heterocycles. The van der Waals surface area contributed by atoms with Crippen LogP contribution in [-0.4, -0.2) is 54.7 Å². The Kier molecular flexibility index (Phi) is 4.72. The fourth-order valence-corrected chi connectivity index (χ4v) is 3.55. The average Bonchev–Trinajstić information content (AvgIpc) is 3.01. The van der Waals surface area contributed by atoms with E-state index in [4.69, 9.17) is 22.1 Å². The van der Waals surface area contributed by atoms with E-state index in [-0.39, 0.29) is 6.17 Å². The van der Waals surface area contributed by atoms with Crippen molar-refractivity contribution in [2.75, 3.05) is 32.8 Å². The zero-order valence-corrected chi connectivity index (χ0v) is 15.1. The monoisotopic (exact) mass is 372 g/mol. The molecule has 1 aromatic rings. The van der Waals surface area contributed by atoms with Crippen molar-refractivity contribution in [1.82, 2.24) is 15.1 Å². The number of primary amides is 1. The summed E-state index contributed by atoms with van der Waals surface area (Å²) >= 11 is 6.05. The highest BCUT2D eigenvalue weighted by Crippen LogP contribution is 2.32. The van der Waals surface area contributed by atoms with Gasteiger partial charge in [-0.1, -0.05) is 23.7 Å². The highest BCUT2D eigenvalue weighted by molar-refractivity contribution is 6.30. The standard InChI is InChI=1S/C19H21ClN4O2/c20-15-4-1-13(2-5-15)18-16(12-23-7-9-26-10-8-23)24-11-14(19(21)25)3-6-17(24)22-18/h1-6,11,17,22H,7-10,12H2,(H2,21,25). The zero-order chi connectivity index (χ0) is 18.1. The number of nitrogens with zero attached hydrogens (tertiary/aromatic N) is 2. The van der Waals surface area contributed by atoms with Crippen molar-refractivity contribution >= 4 is 23.2 Å². The van der Waals surface area contributed by atoms with Gasteiger partial charge in [0.2, 0.25) is 5.91 Å². The first-order valence-corrected chi connectivity index (χ1v) is 9.03. The van der Waals surface area contributed by atoms with Crippen molar-refractivity contribution in [2.45, 2.75) is 6.17 Å². The molecule has 136 valence electrons. The predicted octanol–water partition coefficient (Wildman–Crippen LogP) is 1.51. The van der Waals surface area contributed by atoms with Gasteiger partial charge in [0.1, 0.15) is 6.17 Å². The van der Waals surface area contributed by atoms with Crippen LogP contribution in [0.25, 0.3) is 5.70 Å². The molecule has 3 N–H and O–H groups in total. The van der Waals surface area contributed by atoms with Crippen LogP contribution < -0.4 is 11.1 Å². The normalized spacial score (nSPS) is 22.9. The molecular weight excluding hydrogens is 352 g/mol. The first-order chi connectivity index (χ1) is 12.6. The number of ether oxygens (including phenoxy) is 1. The number of halogens is 1. The third kappa shape index (κ3) is 3.35. The highest BCUT2D eigenvalue weighted by atomic mass is 35.5. The SMILES string of the molecule is NC(=O)C1=CN2C(CN3CCOCC3)=C(c3ccc(Cl)cc3)NC2C=C1. The maximum Gasteiger partial charge on any atom is 0.250 e. The van der Waals surface area contributed by atoms with E-state index in [9.17, 15) is 4.79 Å². The van der Waals surface area contributed by atoms with Crippen molar-refractivity contribution in [2.24, 2.45) is 5.73 Å². The lowest BCUT2D eigenvalue weighted by Gasteiger charge is -2.32. The number of carbonyl (C=O) groups is 1. The van der Waals surface area contributed by atoms with Crippen LogP contribution in [0, 0.1) is 0 Å². The molecule has 4 rings (SSSR count). The second kappa shape index (κ2) is 7.15. The second-order valence-electron chi connectivity index (χ2n) is 6.52. The molecule has 3 aliphatic rings. The van der Waals surface area contributed by atoms with Crippen LogP contribution in [0.2, 0.25) is 5.02 Å². The van der Waals surface area contributed by atoms with E-state index in [1.54, 1.807) is 6.08 Å². The fraction of sp³-hybridized carbons (Fsp3) is 0.316. The number of carbonyl (C=O) groups excluding carboxylic acids is 1. The van der Waals surface area contributed by atoms with Crippen LogP contribution in [0.1, 0.15) is 5.56 Å². The van der Waals surface area contributed by atoms with Crippen molar-refractivity contribution in [1.29, 1.82) is 0 Å². The van der Waals surface area contributed by atoms with Gasteiger partial charge in [0.15, 0.2) is 0 Å². The third-order valence-corrected chi connectivity index (χ3v) is 5.07. The number of nitrogens with one attached hydrogen (secondary N) is 1. The molecule has 6 nitrogen and oxygen atoms in total. The molecular formula is C19H21ClN4O2. The molecule has 1 amide bonds. The summed E-state index contributed by atoms with van der Waals surface area (Å²) in [6.45, 7) is 4.02. The maximum atomic E-state index is 11.6.